The van der Waals surface area contributed by atoms with Crippen molar-refractivity contribution in [1.82, 2.24) is 9.78 Å². The van der Waals surface area contributed by atoms with Gasteiger partial charge in [-0.15, -0.1) is 0 Å². The Morgan fingerprint density at radius 1 is 1.47 bits per heavy atom. The van der Waals surface area contributed by atoms with Crippen LogP contribution in [0.4, 0.5) is 11.5 Å². The smallest absolute Gasteiger partial charge is 0.150 e. The Balaban J connectivity index is 1.87. The minimum absolute atomic E-state index is 0.751. The number of anilines is 2. The fourth-order valence-electron chi connectivity index (χ4n) is 2.30. The van der Waals surface area contributed by atoms with Crippen molar-refractivity contribution in [3.63, 3.8) is 0 Å². The van der Waals surface area contributed by atoms with Crippen LogP contribution in [0.15, 0.2) is 0 Å². The molecule has 0 unspecified atom stereocenters. The molecule has 0 spiro atoms. The van der Waals surface area contributed by atoms with E-state index in [2.05, 4.69) is 16.9 Å². The van der Waals surface area contributed by atoms with Crippen LogP contribution in [0.25, 0.3) is 0 Å². The first-order chi connectivity index (χ1) is 9.13. The Morgan fingerprint density at radius 2 is 2.21 bits per heavy atom. The lowest BCUT2D eigenvalue weighted by atomic mass is 10.2. The van der Waals surface area contributed by atoms with Crippen LogP contribution in [-0.4, -0.2) is 36.6 Å². The molecule has 0 radical (unpaired) electrons. The van der Waals surface area contributed by atoms with Gasteiger partial charge in [0.1, 0.15) is 5.82 Å². The number of nitrogens with two attached hydrogens (primary N) is 1. The summed E-state index contributed by atoms with van der Waals surface area (Å²) in [4.78, 5) is 2.13. The molecule has 1 aliphatic carbocycles. The Labute approximate surface area is 115 Å². The number of nitrogens with zero attached hydrogens (tertiary/aromatic N) is 3. The highest BCUT2D eigenvalue weighted by Gasteiger charge is 2.21. The lowest BCUT2D eigenvalue weighted by Crippen LogP contribution is -2.25. The molecule has 19 heavy (non-hydrogen) atoms. The van der Waals surface area contributed by atoms with Gasteiger partial charge in [0.25, 0.3) is 0 Å². The zero-order valence-corrected chi connectivity index (χ0v) is 12.4. The van der Waals surface area contributed by atoms with Crippen molar-refractivity contribution in [2.75, 3.05) is 37.4 Å². The fraction of sp³-hybridized carbons (Fsp3) is 0.786. The first kappa shape index (κ1) is 14.2. The van der Waals surface area contributed by atoms with Gasteiger partial charge in [0.15, 0.2) is 0 Å². The van der Waals surface area contributed by atoms with Crippen LogP contribution < -0.4 is 10.6 Å². The number of aryl methyl sites for hydroxylation is 2. The molecule has 0 aromatic carbocycles. The van der Waals surface area contributed by atoms with Crippen molar-refractivity contribution >= 4 is 11.5 Å². The van der Waals surface area contributed by atoms with Crippen LogP contribution >= 0.6 is 0 Å². The minimum Gasteiger partial charge on any atom is -0.394 e. The maximum Gasteiger partial charge on any atom is 0.150 e. The summed E-state index contributed by atoms with van der Waals surface area (Å²) in [5, 5.41) is 4.50. The van der Waals surface area contributed by atoms with Crippen molar-refractivity contribution in [3.05, 3.63) is 5.69 Å². The van der Waals surface area contributed by atoms with Crippen molar-refractivity contribution in [3.8, 4) is 0 Å². The van der Waals surface area contributed by atoms with E-state index in [-0.39, 0.29) is 0 Å². The molecule has 1 saturated carbocycles. The molecule has 108 valence electrons. The molecular formula is C14H26N4O. The highest BCUT2D eigenvalue weighted by atomic mass is 16.5. The van der Waals surface area contributed by atoms with E-state index in [1.807, 2.05) is 18.8 Å². The third kappa shape index (κ3) is 3.62. The Hall–Kier alpha value is -1.23. The fourth-order valence-corrected chi connectivity index (χ4v) is 2.30. The van der Waals surface area contributed by atoms with Crippen LogP contribution in [0.3, 0.4) is 0 Å². The van der Waals surface area contributed by atoms with Crippen LogP contribution in [-0.2, 0) is 18.2 Å². The van der Waals surface area contributed by atoms with Gasteiger partial charge in [-0.3, -0.25) is 4.68 Å². The number of aromatic nitrogens is 2. The molecule has 0 aliphatic heterocycles. The van der Waals surface area contributed by atoms with E-state index in [1.165, 1.54) is 12.8 Å². The monoisotopic (exact) mass is 266 g/mol. The maximum absolute atomic E-state index is 6.19. The number of ether oxygens (including phenoxy) is 1. The van der Waals surface area contributed by atoms with Gasteiger partial charge in [-0.1, -0.05) is 13.3 Å². The second-order valence-electron chi connectivity index (χ2n) is 5.50. The number of hydrogen-bond acceptors (Lipinski definition) is 4. The summed E-state index contributed by atoms with van der Waals surface area (Å²) >= 11 is 0. The minimum atomic E-state index is 0.751. The van der Waals surface area contributed by atoms with Crippen molar-refractivity contribution in [1.29, 1.82) is 0 Å². The van der Waals surface area contributed by atoms with Crippen molar-refractivity contribution < 1.29 is 4.74 Å². The zero-order valence-electron chi connectivity index (χ0n) is 12.4. The molecule has 2 rings (SSSR count). The molecular weight excluding hydrogens is 240 g/mol. The third-order valence-corrected chi connectivity index (χ3v) is 3.60. The lowest BCUT2D eigenvalue weighted by Gasteiger charge is -2.19. The lowest BCUT2D eigenvalue weighted by molar-refractivity contribution is 0.130. The van der Waals surface area contributed by atoms with Gasteiger partial charge in [0.2, 0.25) is 0 Å². The quantitative estimate of drug-likeness (QED) is 0.729. The van der Waals surface area contributed by atoms with E-state index in [1.54, 1.807) is 0 Å². The maximum atomic E-state index is 6.19. The molecule has 1 aromatic heterocycles. The van der Waals surface area contributed by atoms with Gasteiger partial charge < -0.3 is 15.4 Å². The summed E-state index contributed by atoms with van der Waals surface area (Å²) in [7, 11) is 4.00. The number of rotatable bonds is 8. The van der Waals surface area contributed by atoms with Gasteiger partial charge in [0.05, 0.1) is 18.0 Å². The molecule has 5 heteroatoms. The summed E-state index contributed by atoms with van der Waals surface area (Å²) in [6.07, 6.45) is 4.68. The first-order valence-electron chi connectivity index (χ1n) is 7.23. The largest absolute Gasteiger partial charge is 0.394 e. The highest BCUT2D eigenvalue weighted by molar-refractivity contribution is 5.66. The number of likely N-dealkylation sites (N-methyl/N-ethyl adjacent to an activating group) is 1. The summed E-state index contributed by atoms with van der Waals surface area (Å²) in [6, 6.07) is 0. The molecule has 1 heterocycles. The van der Waals surface area contributed by atoms with Crippen LogP contribution in [0.5, 0.6) is 0 Å². The van der Waals surface area contributed by atoms with E-state index < -0.39 is 0 Å². The van der Waals surface area contributed by atoms with Crippen LogP contribution in [0.1, 0.15) is 31.9 Å². The van der Waals surface area contributed by atoms with Gasteiger partial charge in [-0.2, -0.15) is 5.10 Å². The van der Waals surface area contributed by atoms with Crippen molar-refractivity contribution in [2.45, 2.75) is 32.6 Å². The summed E-state index contributed by atoms with van der Waals surface area (Å²) in [5.41, 5.74) is 8.01. The predicted molar refractivity (Wildman–Crippen MR) is 78.4 cm³/mol. The van der Waals surface area contributed by atoms with E-state index in [0.29, 0.717) is 0 Å². The molecule has 0 bridgehead atoms. The highest BCUT2D eigenvalue weighted by Crippen LogP contribution is 2.29. The van der Waals surface area contributed by atoms with Gasteiger partial charge in [0, 0.05) is 27.2 Å². The Kier molecular flexibility index (Phi) is 4.69. The molecule has 5 nitrogen and oxygen atoms in total. The SMILES string of the molecule is CCCc1nn(C)c(N(C)CCOCC2CC2)c1N. The molecule has 0 amide bonds. The molecule has 1 fully saturated rings. The number of hydrogen-bond donors (Lipinski definition) is 1. The normalized spacial score (nSPS) is 14.9. The third-order valence-electron chi connectivity index (χ3n) is 3.60. The Bertz CT molecular complexity index is 412. The number of nitrogen functional groups attached to an aromatic ring is 1. The topological polar surface area (TPSA) is 56.3 Å². The standard InChI is InChI=1S/C14H26N4O/c1-4-5-12-13(15)14(18(3)16-12)17(2)8-9-19-10-11-6-7-11/h11H,4-10,15H2,1-3H3. The zero-order chi connectivity index (χ0) is 13.8. The second kappa shape index (κ2) is 6.28. The van der Waals surface area contributed by atoms with Crippen LogP contribution in [0, 0.1) is 5.92 Å². The van der Waals surface area contributed by atoms with Gasteiger partial charge >= 0.3 is 0 Å². The molecule has 1 aliphatic rings. The summed E-state index contributed by atoms with van der Waals surface area (Å²) in [6.45, 7) is 4.65. The predicted octanol–water partition coefficient (Wildman–Crippen LogP) is 1.82. The molecule has 0 atom stereocenters. The Morgan fingerprint density at radius 3 is 2.84 bits per heavy atom. The first-order valence-corrected chi connectivity index (χ1v) is 7.23. The summed E-state index contributed by atoms with van der Waals surface area (Å²) in [5.74, 6) is 1.82. The van der Waals surface area contributed by atoms with E-state index in [4.69, 9.17) is 10.5 Å². The van der Waals surface area contributed by atoms with E-state index in [9.17, 15) is 0 Å². The van der Waals surface area contributed by atoms with E-state index >= 15 is 0 Å². The summed E-state index contributed by atoms with van der Waals surface area (Å²) < 4.78 is 7.55. The molecule has 1 aromatic rings. The van der Waals surface area contributed by atoms with Crippen LogP contribution in [0.2, 0.25) is 0 Å². The van der Waals surface area contributed by atoms with Gasteiger partial charge in [-0.05, 0) is 25.2 Å². The molecule has 0 saturated heterocycles. The second-order valence-corrected chi connectivity index (χ2v) is 5.50. The molecule has 2 N–H and O–H groups in total. The van der Waals surface area contributed by atoms with Crippen molar-refractivity contribution in [2.24, 2.45) is 13.0 Å². The average molecular weight is 266 g/mol. The van der Waals surface area contributed by atoms with Gasteiger partial charge in [-0.25, -0.2) is 0 Å². The average Bonchev–Trinajstić information content (AvgIpc) is 3.14. The van der Waals surface area contributed by atoms with E-state index in [0.717, 1.165) is 55.7 Å².